The monoisotopic (exact) mass is 256 g/mol. The van der Waals surface area contributed by atoms with Crippen molar-refractivity contribution >= 4 is 11.8 Å². The fraction of sp³-hybridized carbons (Fsp3) is 0.154. The zero-order valence-corrected chi connectivity index (χ0v) is 10.3. The summed E-state index contributed by atoms with van der Waals surface area (Å²) in [6.07, 6.45) is 1.78. The van der Waals surface area contributed by atoms with E-state index in [9.17, 15) is 4.79 Å². The standard InChI is InChI=1S/C13H12N4O2/c1-8-6-14-12(15-8)9-2-4-10(5-3-9)13-17-16-11(18)7-19-13/h2-6H,7H2,1H3,(H,14,15)(H,16,18). The van der Waals surface area contributed by atoms with E-state index in [0.717, 1.165) is 22.6 Å². The summed E-state index contributed by atoms with van der Waals surface area (Å²) in [7, 11) is 0. The molecule has 0 radical (unpaired) electrons. The highest BCUT2D eigenvalue weighted by Crippen LogP contribution is 2.17. The molecule has 1 aromatic heterocycles. The molecular formula is C13H12N4O2. The Bertz CT molecular complexity index is 643. The second-order valence-electron chi connectivity index (χ2n) is 4.23. The van der Waals surface area contributed by atoms with Crippen molar-refractivity contribution in [3.63, 3.8) is 0 Å². The van der Waals surface area contributed by atoms with Crippen molar-refractivity contribution in [1.29, 1.82) is 0 Å². The molecule has 0 spiro atoms. The van der Waals surface area contributed by atoms with Crippen LogP contribution in [0.5, 0.6) is 0 Å². The SMILES string of the molecule is Cc1cnc(-c2ccc(C3=NNC(=O)CO3)cc2)[nH]1. The summed E-state index contributed by atoms with van der Waals surface area (Å²) in [6, 6.07) is 7.61. The van der Waals surface area contributed by atoms with E-state index in [1.54, 1.807) is 6.20 Å². The van der Waals surface area contributed by atoms with Crippen LogP contribution in [0.3, 0.4) is 0 Å². The van der Waals surface area contributed by atoms with E-state index in [-0.39, 0.29) is 12.5 Å². The lowest BCUT2D eigenvalue weighted by atomic mass is 10.1. The predicted molar refractivity (Wildman–Crippen MR) is 69.4 cm³/mol. The van der Waals surface area contributed by atoms with Crippen LogP contribution < -0.4 is 5.43 Å². The van der Waals surface area contributed by atoms with Crippen molar-refractivity contribution in [2.45, 2.75) is 6.92 Å². The van der Waals surface area contributed by atoms with Crippen LogP contribution in [0, 0.1) is 6.92 Å². The lowest BCUT2D eigenvalue weighted by Gasteiger charge is -2.13. The molecule has 2 aromatic rings. The highest BCUT2D eigenvalue weighted by molar-refractivity contribution is 5.98. The maximum Gasteiger partial charge on any atom is 0.278 e. The Hall–Kier alpha value is -2.63. The molecule has 0 saturated carbocycles. The van der Waals surface area contributed by atoms with E-state index >= 15 is 0 Å². The number of benzene rings is 1. The molecular weight excluding hydrogens is 244 g/mol. The van der Waals surface area contributed by atoms with Crippen LogP contribution in [0.4, 0.5) is 0 Å². The van der Waals surface area contributed by atoms with E-state index in [1.807, 2.05) is 31.2 Å². The Kier molecular flexibility index (Phi) is 2.75. The third-order valence-electron chi connectivity index (χ3n) is 2.73. The minimum atomic E-state index is -0.244. The number of aryl methyl sites for hydroxylation is 1. The Balaban J connectivity index is 1.85. The molecule has 0 bridgehead atoms. The van der Waals surface area contributed by atoms with Crippen LogP contribution in [-0.4, -0.2) is 28.4 Å². The second-order valence-corrected chi connectivity index (χ2v) is 4.23. The highest BCUT2D eigenvalue weighted by atomic mass is 16.5. The van der Waals surface area contributed by atoms with Crippen LogP contribution in [0.1, 0.15) is 11.3 Å². The number of hydrazone groups is 1. The number of nitrogens with zero attached hydrogens (tertiary/aromatic N) is 2. The fourth-order valence-corrected chi connectivity index (χ4v) is 1.79. The number of hydrogen-bond donors (Lipinski definition) is 2. The number of H-pyrrole nitrogens is 1. The maximum absolute atomic E-state index is 10.9. The van der Waals surface area contributed by atoms with Crippen molar-refractivity contribution in [3.05, 3.63) is 41.7 Å². The largest absolute Gasteiger partial charge is 0.466 e. The van der Waals surface area contributed by atoms with Crippen LogP contribution >= 0.6 is 0 Å². The number of aromatic nitrogens is 2. The number of rotatable bonds is 2. The summed E-state index contributed by atoms with van der Waals surface area (Å²) < 4.78 is 5.24. The van der Waals surface area contributed by atoms with Crippen molar-refractivity contribution in [2.75, 3.05) is 6.61 Å². The molecule has 0 fully saturated rings. The van der Waals surface area contributed by atoms with Gasteiger partial charge in [-0.3, -0.25) is 4.79 Å². The van der Waals surface area contributed by atoms with Crippen LogP contribution in [0.15, 0.2) is 35.6 Å². The molecule has 2 heterocycles. The van der Waals surface area contributed by atoms with Gasteiger partial charge in [0.2, 0.25) is 5.90 Å². The lowest BCUT2D eigenvalue weighted by Crippen LogP contribution is -2.32. The first-order valence-corrected chi connectivity index (χ1v) is 5.84. The zero-order valence-electron chi connectivity index (χ0n) is 10.3. The third-order valence-corrected chi connectivity index (χ3v) is 2.73. The number of nitrogens with one attached hydrogen (secondary N) is 2. The molecule has 1 aliphatic rings. The van der Waals surface area contributed by atoms with Gasteiger partial charge >= 0.3 is 0 Å². The van der Waals surface area contributed by atoms with E-state index in [0.29, 0.717) is 5.90 Å². The van der Waals surface area contributed by atoms with Gasteiger partial charge < -0.3 is 9.72 Å². The average Bonchev–Trinajstić information content (AvgIpc) is 2.87. The molecule has 6 nitrogen and oxygen atoms in total. The zero-order chi connectivity index (χ0) is 13.2. The molecule has 1 amide bonds. The smallest absolute Gasteiger partial charge is 0.278 e. The molecule has 1 aliphatic heterocycles. The van der Waals surface area contributed by atoms with Crippen molar-refractivity contribution in [2.24, 2.45) is 5.10 Å². The van der Waals surface area contributed by atoms with Crippen molar-refractivity contribution in [3.8, 4) is 11.4 Å². The van der Waals surface area contributed by atoms with Gasteiger partial charge in [-0.2, -0.15) is 0 Å². The Morgan fingerprint density at radius 1 is 1.21 bits per heavy atom. The Labute approximate surface area is 109 Å². The number of aromatic amines is 1. The molecule has 0 atom stereocenters. The van der Waals surface area contributed by atoms with Gasteiger partial charge in [0.05, 0.1) is 0 Å². The summed E-state index contributed by atoms with van der Waals surface area (Å²) in [6.45, 7) is 1.95. The first-order valence-electron chi connectivity index (χ1n) is 5.84. The first-order chi connectivity index (χ1) is 9.22. The van der Waals surface area contributed by atoms with Gasteiger partial charge in [0.15, 0.2) is 6.61 Å². The molecule has 2 N–H and O–H groups in total. The summed E-state index contributed by atoms with van der Waals surface area (Å²) in [4.78, 5) is 18.4. The van der Waals surface area contributed by atoms with Crippen LogP contribution in [-0.2, 0) is 9.53 Å². The van der Waals surface area contributed by atoms with Gasteiger partial charge in [-0.05, 0) is 19.1 Å². The number of imidazole rings is 1. The molecule has 0 saturated heterocycles. The molecule has 0 aliphatic carbocycles. The number of carbonyl (C=O) groups is 1. The van der Waals surface area contributed by atoms with Gasteiger partial charge in [-0.15, -0.1) is 5.10 Å². The summed E-state index contributed by atoms with van der Waals surface area (Å²) in [5.74, 6) is 0.997. The van der Waals surface area contributed by atoms with Gasteiger partial charge in [0.25, 0.3) is 5.91 Å². The quantitative estimate of drug-likeness (QED) is 0.847. The van der Waals surface area contributed by atoms with Crippen LogP contribution in [0.2, 0.25) is 0 Å². The van der Waals surface area contributed by atoms with Gasteiger partial charge in [0.1, 0.15) is 5.82 Å². The Morgan fingerprint density at radius 2 is 1.95 bits per heavy atom. The molecule has 0 unspecified atom stereocenters. The van der Waals surface area contributed by atoms with E-state index < -0.39 is 0 Å². The fourth-order valence-electron chi connectivity index (χ4n) is 1.79. The van der Waals surface area contributed by atoms with E-state index in [4.69, 9.17) is 4.74 Å². The van der Waals surface area contributed by atoms with Gasteiger partial charge in [0, 0.05) is 23.0 Å². The highest BCUT2D eigenvalue weighted by Gasteiger charge is 2.14. The van der Waals surface area contributed by atoms with Gasteiger partial charge in [-0.1, -0.05) is 12.1 Å². The topological polar surface area (TPSA) is 79.4 Å². The predicted octanol–water partition coefficient (Wildman–Crippen LogP) is 1.19. The van der Waals surface area contributed by atoms with E-state index in [2.05, 4.69) is 20.5 Å². The van der Waals surface area contributed by atoms with E-state index in [1.165, 1.54) is 0 Å². The average molecular weight is 256 g/mol. The normalized spacial score (nSPS) is 14.6. The minimum Gasteiger partial charge on any atom is -0.466 e. The lowest BCUT2D eigenvalue weighted by molar-refractivity contribution is -0.124. The summed E-state index contributed by atoms with van der Waals surface area (Å²) in [5.41, 5.74) is 5.20. The number of hydrogen-bond acceptors (Lipinski definition) is 4. The second kappa shape index (κ2) is 4.56. The molecule has 96 valence electrons. The third kappa shape index (κ3) is 2.33. The summed E-state index contributed by atoms with van der Waals surface area (Å²) >= 11 is 0. The molecule has 3 rings (SSSR count). The summed E-state index contributed by atoms with van der Waals surface area (Å²) in [5, 5.41) is 3.86. The minimum absolute atomic E-state index is 0.00202. The molecule has 1 aromatic carbocycles. The number of amides is 1. The molecule has 19 heavy (non-hydrogen) atoms. The Morgan fingerprint density at radius 3 is 2.53 bits per heavy atom. The maximum atomic E-state index is 10.9. The first kappa shape index (κ1) is 11.5. The number of carbonyl (C=O) groups excluding carboxylic acids is 1. The van der Waals surface area contributed by atoms with Crippen molar-refractivity contribution < 1.29 is 9.53 Å². The molecule has 6 heteroatoms. The number of ether oxygens (including phenoxy) is 1. The van der Waals surface area contributed by atoms with Crippen molar-refractivity contribution in [1.82, 2.24) is 15.4 Å². The van der Waals surface area contributed by atoms with Gasteiger partial charge in [-0.25, -0.2) is 10.4 Å². The van der Waals surface area contributed by atoms with Crippen LogP contribution in [0.25, 0.3) is 11.4 Å².